The number of carbonyl (C=O) groups is 2. The van der Waals surface area contributed by atoms with Crippen molar-refractivity contribution in [2.75, 3.05) is 10.6 Å². The van der Waals surface area contributed by atoms with E-state index in [1.54, 1.807) is 6.20 Å². The molecule has 2 N–H and O–H groups in total. The molecule has 1 aromatic heterocycles. The third-order valence-corrected chi connectivity index (χ3v) is 5.29. The number of thiazole rings is 1. The smallest absolute Gasteiger partial charge is 0.234 e. The van der Waals surface area contributed by atoms with E-state index in [4.69, 9.17) is 0 Å². The third-order valence-electron chi connectivity index (χ3n) is 4.38. The van der Waals surface area contributed by atoms with Gasteiger partial charge < -0.3 is 10.6 Å². The second kappa shape index (κ2) is 7.28. The van der Waals surface area contributed by atoms with Crippen LogP contribution in [0.1, 0.15) is 28.3 Å². The number of carbonyl (C=O) groups excluding carboxylic acids is 2. The number of halogens is 1. The summed E-state index contributed by atoms with van der Waals surface area (Å²) >= 11 is 1.40. The molecule has 3 aromatic rings. The van der Waals surface area contributed by atoms with Crippen LogP contribution in [0.25, 0.3) is 0 Å². The van der Waals surface area contributed by atoms with Gasteiger partial charge in [0.05, 0.1) is 5.92 Å². The standard InChI is InChI=1S/C20H16FN3O2S/c21-13-6-7-15-16(10-18(25)23-17(15)9-13)19(26)24-20-22-11-14(27-20)8-12-4-2-1-3-5-12/h1-7,9,11,16H,8,10H2,(H,23,25)(H,22,24,26)/t16-/m1/s1. The summed E-state index contributed by atoms with van der Waals surface area (Å²) in [6, 6.07) is 14.1. The van der Waals surface area contributed by atoms with Crippen molar-refractivity contribution in [1.29, 1.82) is 0 Å². The Hall–Kier alpha value is -3.06. The number of benzene rings is 2. The Morgan fingerprint density at radius 3 is 2.89 bits per heavy atom. The van der Waals surface area contributed by atoms with Gasteiger partial charge in [0.1, 0.15) is 5.82 Å². The number of hydrogen-bond acceptors (Lipinski definition) is 4. The van der Waals surface area contributed by atoms with Gasteiger partial charge in [-0.2, -0.15) is 0 Å². The number of aromatic nitrogens is 1. The van der Waals surface area contributed by atoms with Crippen molar-refractivity contribution in [1.82, 2.24) is 4.98 Å². The zero-order valence-corrected chi connectivity index (χ0v) is 15.1. The lowest BCUT2D eigenvalue weighted by Gasteiger charge is -2.24. The van der Waals surface area contributed by atoms with Gasteiger partial charge >= 0.3 is 0 Å². The molecule has 7 heteroatoms. The van der Waals surface area contributed by atoms with E-state index in [9.17, 15) is 14.0 Å². The van der Waals surface area contributed by atoms with Gasteiger partial charge in [-0.1, -0.05) is 36.4 Å². The molecule has 27 heavy (non-hydrogen) atoms. The molecule has 0 fully saturated rings. The Balaban J connectivity index is 1.49. The van der Waals surface area contributed by atoms with Crippen LogP contribution in [0.15, 0.2) is 54.7 Å². The Morgan fingerprint density at radius 1 is 1.26 bits per heavy atom. The Kier molecular flexibility index (Phi) is 4.68. The van der Waals surface area contributed by atoms with E-state index in [0.29, 0.717) is 16.4 Å². The molecule has 0 aliphatic carbocycles. The maximum atomic E-state index is 13.4. The lowest BCUT2D eigenvalue weighted by molar-refractivity contribution is -0.123. The van der Waals surface area contributed by atoms with E-state index >= 15 is 0 Å². The number of nitrogens with zero attached hydrogens (tertiary/aromatic N) is 1. The topological polar surface area (TPSA) is 71.1 Å². The summed E-state index contributed by atoms with van der Waals surface area (Å²) < 4.78 is 13.4. The van der Waals surface area contributed by atoms with Crippen LogP contribution in [-0.2, 0) is 16.0 Å². The molecular formula is C20H16FN3O2S. The molecule has 0 unspecified atom stereocenters. The summed E-state index contributed by atoms with van der Waals surface area (Å²) in [4.78, 5) is 29.9. The van der Waals surface area contributed by atoms with Crippen molar-refractivity contribution in [3.63, 3.8) is 0 Å². The van der Waals surface area contributed by atoms with E-state index in [1.165, 1.54) is 35.1 Å². The average molecular weight is 381 g/mol. The first kappa shape index (κ1) is 17.4. The molecule has 2 amide bonds. The van der Waals surface area contributed by atoms with Crippen molar-refractivity contribution >= 4 is 34.0 Å². The fourth-order valence-electron chi connectivity index (χ4n) is 3.11. The first-order valence-electron chi connectivity index (χ1n) is 8.47. The molecule has 1 aliphatic heterocycles. The molecule has 0 spiro atoms. The molecule has 5 nitrogen and oxygen atoms in total. The number of hydrogen-bond donors (Lipinski definition) is 2. The maximum Gasteiger partial charge on any atom is 0.234 e. The van der Waals surface area contributed by atoms with Gasteiger partial charge in [0.25, 0.3) is 0 Å². The predicted octanol–water partition coefficient (Wildman–Crippen LogP) is 3.94. The van der Waals surface area contributed by atoms with Crippen LogP contribution < -0.4 is 10.6 Å². The summed E-state index contributed by atoms with van der Waals surface area (Å²) in [5, 5.41) is 5.88. The number of nitrogens with one attached hydrogen (secondary N) is 2. The maximum absolute atomic E-state index is 13.4. The van der Waals surface area contributed by atoms with Gasteiger partial charge in [-0.25, -0.2) is 9.37 Å². The lowest BCUT2D eigenvalue weighted by atomic mass is 9.90. The van der Waals surface area contributed by atoms with E-state index < -0.39 is 11.7 Å². The Morgan fingerprint density at radius 2 is 2.07 bits per heavy atom. The fraction of sp³-hybridized carbons (Fsp3) is 0.150. The zero-order valence-electron chi connectivity index (χ0n) is 14.2. The highest BCUT2D eigenvalue weighted by Crippen LogP contribution is 2.34. The van der Waals surface area contributed by atoms with E-state index in [2.05, 4.69) is 15.6 Å². The van der Waals surface area contributed by atoms with Crippen molar-refractivity contribution in [2.24, 2.45) is 0 Å². The molecule has 0 saturated carbocycles. The van der Waals surface area contributed by atoms with Crippen molar-refractivity contribution in [3.05, 3.63) is 76.5 Å². The van der Waals surface area contributed by atoms with Crippen LogP contribution in [-0.4, -0.2) is 16.8 Å². The van der Waals surface area contributed by atoms with E-state index in [-0.39, 0.29) is 18.2 Å². The minimum Gasteiger partial charge on any atom is -0.326 e. The van der Waals surface area contributed by atoms with Crippen LogP contribution in [0.5, 0.6) is 0 Å². The van der Waals surface area contributed by atoms with Crippen molar-refractivity contribution < 1.29 is 14.0 Å². The summed E-state index contributed by atoms with van der Waals surface area (Å²) in [6.07, 6.45) is 2.50. The molecule has 0 saturated heterocycles. The fourth-order valence-corrected chi connectivity index (χ4v) is 3.96. The molecule has 0 radical (unpaired) electrons. The highest BCUT2D eigenvalue weighted by Gasteiger charge is 2.31. The van der Waals surface area contributed by atoms with Crippen molar-refractivity contribution in [3.8, 4) is 0 Å². The lowest BCUT2D eigenvalue weighted by Crippen LogP contribution is -2.30. The summed E-state index contributed by atoms with van der Waals surface area (Å²) in [5.41, 5.74) is 2.11. The second-order valence-electron chi connectivity index (χ2n) is 6.32. The van der Waals surface area contributed by atoms with Crippen LogP contribution in [0.3, 0.4) is 0 Å². The van der Waals surface area contributed by atoms with Gasteiger partial charge in [-0.15, -0.1) is 11.3 Å². The van der Waals surface area contributed by atoms with Crippen molar-refractivity contribution in [2.45, 2.75) is 18.8 Å². The average Bonchev–Trinajstić information content (AvgIpc) is 3.08. The number of rotatable bonds is 4. The highest BCUT2D eigenvalue weighted by atomic mass is 32.1. The summed E-state index contributed by atoms with van der Waals surface area (Å²) in [6.45, 7) is 0. The van der Waals surface area contributed by atoms with Crippen LogP contribution in [0, 0.1) is 5.82 Å². The minimum atomic E-state index is -0.671. The zero-order chi connectivity index (χ0) is 18.8. The Bertz CT molecular complexity index is 1000. The molecule has 1 atom stereocenters. The predicted molar refractivity (Wildman–Crippen MR) is 102 cm³/mol. The molecule has 2 aromatic carbocycles. The molecule has 4 rings (SSSR count). The van der Waals surface area contributed by atoms with E-state index in [1.807, 2.05) is 30.3 Å². The molecule has 2 heterocycles. The molecule has 0 bridgehead atoms. The number of anilines is 2. The van der Waals surface area contributed by atoms with Crippen LogP contribution in [0.4, 0.5) is 15.2 Å². The first-order chi connectivity index (χ1) is 13.1. The summed E-state index contributed by atoms with van der Waals surface area (Å²) in [7, 11) is 0. The van der Waals surface area contributed by atoms with Gasteiger partial charge in [-0.05, 0) is 23.3 Å². The van der Waals surface area contributed by atoms with Gasteiger partial charge in [-0.3, -0.25) is 9.59 Å². The molecule has 136 valence electrons. The normalized spacial score (nSPS) is 15.7. The number of amides is 2. The van der Waals surface area contributed by atoms with Gasteiger partial charge in [0.15, 0.2) is 5.13 Å². The molecule has 1 aliphatic rings. The highest BCUT2D eigenvalue weighted by molar-refractivity contribution is 7.15. The van der Waals surface area contributed by atoms with Gasteiger partial charge in [0, 0.05) is 29.6 Å². The monoisotopic (exact) mass is 381 g/mol. The van der Waals surface area contributed by atoms with Crippen LogP contribution >= 0.6 is 11.3 Å². The van der Waals surface area contributed by atoms with Crippen LogP contribution in [0.2, 0.25) is 0 Å². The number of fused-ring (bicyclic) bond motifs is 1. The minimum absolute atomic E-state index is 0.0205. The Labute approximate surface area is 159 Å². The second-order valence-corrected chi connectivity index (χ2v) is 7.44. The van der Waals surface area contributed by atoms with E-state index in [0.717, 1.165) is 11.3 Å². The molecular weight excluding hydrogens is 365 g/mol. The van der Waals surface area contributed by atoms with Gasteiger partial charge in [0.2, 0.25) is 11.8 Å². The first-order valence-corrected chi connectivity index (χ1v) is 9.29. The summed E-state index contributed by atoms with van der Waals surface area (Å²) in [5.74, 6) is -1.76. The quantitative estimate of drug-likeness (QED) is 0.719. The SMILES string of the molecule is O=C1C[C@@H](C(=O)Nc2ncc(Cc3ccccc3)s2)c2ccc(F)cc2N1. The third kappa shape index (κ3) is 3.88. The largest absolute Gasteiger partial charge is 0.326 e.